The van der Waals surface area contributed by atoms with Gasteiger partial charge in [0.05, 0.1) is 6.10 Å². The Hall–Kier alpha value is -0.0800. The third kappa shape index (κ3) is 2.35. The smallest absolute Gasteiger partial charge is 0.0555 e. The van der Waals surface area contributed by atoms with Gasteiger partial charge in [-0.25, -0.2) is 0 Å². The molecule has 19 heavy (non-hydrogen) atoms. The van der Waals surface area contributed by atoms with E-state index in [2.05, 4.69) is 25.7 Å². The van der Waals surface area contributed by atoms with E-state index in [1.807, 2.05) is 0 Å². The van der Waals surface area contributed by atoms with E-state index in [1.54, 1.807) is 0 Å². The Labute approximate surface area is 118 Å². The second-order valence-electron chi connectivity index (χ2n) is 7.89. The van der Waals surface area contributed by atoms with E-state index in [0.29, 0.717) is 11.5 Å². The molecule has 3 unspecified atom stereocenters. The molecular weight excluding hydrogens is 234 g/mol. The van der Waals surface area contributed by atoms with Gasteiger partial charge < -0.3 is 5.11 Å². The number of fused-ring (bicyclic) bond motifs is 2. The van der Waals surface area contributed by atoms with Gasteiger partial charge in [0.25, 0.3) is 0 Å². The average Bonchev–Trinajstić information content (AvgIpc) is 2.98. The van der Waals surface area contributed by atoms with E-state index in [9.17, 15) is 5.11 Å². The van der Waals surface area contributed by atoms with Gasteiger partial charge in [-0.2, -0.15) is 0 Å². The van der Waals surface area contributed by atoms with Crippen LogP contribution in [0.25, 0.3) is 0 Å². The number of hydrogen-bond acceptors (Lipinski definition) is 2. The topological polar surface area (TPSA) is 23.5 Å². The van der Waals surface area contributed by atoms with Crippen molar-refractivity contribution in [2.75, 3.05) is 0 Å². The minimum Gasteiger partial charge on any atom is -0.393 e. The molecule has 2 nitrogen and oxygen atoms in total. The summed E-state index contributed by atoms with van der Waals surface area (Å²) < 4.78 is 0. The van der Waals surface area contributed by atoms with Crippen molar-refractivity contribution in [3.8, 4) is 0 Å². The first-order chi connectivity index (χ1) is 9.03. The van der Waals surface area contributed by atoms with E-state index in [1.165, 1.54) is 38.5 Å². The fraction of sp³-hybridized carbons (Fsp3) is 1.00. The van der Waals surface area contributed by atoms with E-state index < -0.39 is 0 Å². The molecule has 3 aliphatic rings. The molecule has 1 saturated carbocycles. The lowest BCUT2D eigenvalue weighted by Crippen LogP contribution is -2.52. The van der Waals surface area contributed by atoms with Gasteiger partial charge in [0.2, 0.25) is 0 Å². The van der Waals surface area contributed by atoms with Gasteiger partial charge in [0.15, 0.2) is 0 Å². The van der Waals surface area contributed by atoms with E-state index in [0.717, 1.165) is 30.8 Å². The van der Waals surface area contributed by atoms with Crippen LogP contribution in [0.3, 0.4) is 0 Å². The maximum Gasteiger partial charge on any atom is 0.0555 e. The van der Waals surface area contributed by atoms with Crippen LogP contribution in [0.15, 0.2) is 0 Å². The highest BCUT2D eigenvalue weighted by molar-refractivity contribution is 5.03. The molecule has 3 atom stereocenters. The van der Waals surface area contributed by atoms with Crippen LogP contribution < -0.4 is 0 Å². The molecular formula is C17H31NO. The molecule has 2 heterocycles. The summed E-state index contributed by atoms with van der Waals surface area (Å²) in [5, 5.41) is 10.2. The quantitative estimate of drug-likeness (QED) is 0.843. The number of hydrogen-bond donors (Lipinski definition) is 1. The maximum atomic E-state index is 10.2. The normalized spacial score (nSPS) is 43.9. The summed E-state index contributed by atoms with van der Waals surface area (Å²) in [6, 6.07) is 2.34. The molecule has 0 aromatic rings. The second kappa shape index (κ2) is 5.04. The van der Waals surface area contributed by atoms with Crippen LogP contribution in [0.4, 0.5) is 0 Å². The second-order valence-corrected chi connectivity index (χ2v) is 7.89. The number of aliphatic hydroxyl groups excluding tert-OH is 1. The fourth-order valence-corrected chi connectivity index (χ4v) is 5.12. The maximum absolute atomic E-state index is 10.2. The molecule has 110 valence electrons. The Morgan fingerprint density at radius 3 is 2.11 bits per heavy atom. The lowest BCUT2D eigenvalue weighted by atomic mass is 9.66. The first-order valence-corrected chi connectivity index (χ1v) is 8.48. The highest BCUT2D eigenvalue weighted by Gasteiger charge is 2.49. The van der Waals surface area contributed by atoms with Crippen LogP contribution in [-0.2, 0) is 0 Å². The molecule has 2 bridgehead atoms. The summed E-state index contributed by atoms with van der Waals surface area (Å²) in [5.74, 6) is 0.780. The van der Waals surface area contributed by atoms with Gasteiger partial charge in [-0.3, -0.25) is 4.90 Å². The molecule has 2 saturated heterocycles. The third-order valence-corrected chi connectivity index (χ3v) is 6.60. The van der Waals surface area contributed by atoms with Crippen LogP contribution in [0.1, 0.15) is 72.1 Å². The molecule has 3 fully saturated rings. The van der Waals surface area contributed by atoms with Crippen molar-refractivity contribution in [1.29, 1.82) is 0 Å². The molecule has 0 radical (unpaired) electrons. The largest absolute Gasteiger partial charge is 0.393 e. The van der Waals surface area contributed by atoms with Gasteiger partial charge in [0.1, 0.15) is 0 Å². The Morgan fingerprint density at radius 1 is 1.00 bits per heavy atom. The van der Waals surface area contributed by atoms with Crippen LogP contribution in [0.5, 0.6) is 0 Å². The van der Waals surface area contributed by atoms with Crippen LogP contribution in [-0.4, -0.2) is 34.2 Å². The van der Waals surface area contributed by atoms with Gasteiger partial charge in [-0.1, -0.05) is 27.2 Å². The molecule has 0 aromatic carbocycles. The Bertz CT molecular complexity index is 307. The average molecular weight is 265 g/mol. The molecule has 0 amide bonds. The minimum atomic E-state index is -0.0473. The van der Waals surface area contributed by atoms with Crippen molar-refractivity contribution < 1.29 is 5.11 Å². The summed E-state index contributed by atoms with van der Waals surface area (Å²) in [4.78, 5) is 2.85. The van der Waals surface area contributed by atoms with Crippen molar-refractivity contribution in [2.45, 2.75) is 96.4 Å². The van der Waals surface area contributed by atoms with Crippen LogP contribution in [0.2, 0.25) is 0 Å². The van der Waals surface area contributed by atoms with Crippen LogP contribution in [0, 0.1) is 11.3 Å². The summed E-state index contributed by atoms with van der Waals surface area (Å²) in [6.07, 6.45) is 10.1. The molecule has 2 aliphatic heterocycles. The summed E-state index contributed by atoms with van der Waals surface area (Å²) in [6.45, 7) is 7.22. The minimum absolute atomic E-state index is 0.0473. The molecule has 2 heteroatoms. The Kier molecular flexibility index (Phi) is 3.68. The number of rotatable bonds is 3. The Morgan fingerprint density at radius 2 is 1.58 bits per heavy atom. The molecule has 3 rings (SSSR count). The van der Waals surface area contributed by atoms with Crippen molar-refractivity contribution in [3.05, 3.63) is 0 Å². The summed E-state index contributed by atoms with van der Waals surface area (Å²) in [5.41, 5.74) is 0.423. The zero-order valence-corrected chi connectivity index (χ0v) is 12.9. The number of aliphatic hydroxyl groups is 1. The number of nitrogens with zero attached hydrogens (tertiary/aromatic N) is 1. The van der Waals surface area contributed by atoms with Crippen molar-refractivity contribution in [1.82, 2.24) is 4.90 Å². The SMILES string of the molecule is CCC(C)(C)C1CCC(O)CC1N1C2CCC1CC2. The summed E-state index contributed by atoms with van der Waals surface area (Å²) in [7, 11) is 0. The van der Waals surface area contributed by atoms with E-state index in [-0.39, 0.29) is 6.10 Å². The predicted molar refractivity (Wildman–Crippen MR) is 79.1 cm³/mol. The highest BCUT2D eigenvalue weighted by Crippen LogP contribution is 2.48. The fourth-order valence-electron chi connectivity index (χ4n) is 5.12. The third-order valence-electron chi connectivity index (χ3n) is 6.60. The van der Waals surface area contributed by atoms with Gasteiger partial charge in [-0.15, -0.1) is 0 Å². The lowest BCUT2D eigenvalue weighted by Gasteiger charge is -2.48. The molecule has 1 N–H and O–H groups in total. The molecule has 1 aliphatic carbocycles. The van der Waals surface area contributed by atoms with Crippen molar-refractivity contribution in [3.63, 3.8) is 0 Å². The van der Waals surface area contributed by atoms with Crippen molar-refractivity contribution >= 4 is 0 Å². The predicted octanol–water partition coefficient (Wildman–Crippen LogP) is 3.58. The first kappa shape index (κ1) is 13.9. The van der Waals surface area contributed by atoms with Gasteiger partial charge >= 0.3 is 0 Å². The van der Waals surface area contributed by atoms with E-state index in [4.69, 9.17) is 0 Å². The van der Waals surface area contributed by atoms with Crippen molar-refractivity contribution in [2.24, 2.45) is 11.3 Å². The standard InChI is InChI=1S/C17H31NO/c1-4-17(2,3)15-10-9-14(19)11-16(15)18-12-5-6-13(18)8-7-12/h12-16,19H,4-11H2,1-3H3. The summed E-state index contributed by atoms with van der Waals surface area (Å²) >= 11 is 0. The van der Waals surface area contributed by atoms with Gasteiger partial charge in [0, 0.05) is 18.1 Å². The zero-order chi connectivity index (χ0) is 13.6. The molecule has 0 spiro atoms. The lowest BCUT2D eigenvalue weighted by molar-refractivity contribution is -0.0249. The Balaban J connectivity index is 1.82. The van der Waals surface area contributed by atoms with E-state index >= 15 is 0 Å². The van der Waals surface area contributed by atoms with Crippen LogP contribution >= 0.6 is 0 Å². The zero-order valence-electron chi connectivity index (χ0n) is 12.9. The first-order valence-electron chi connectivity index (χ1n) is 8.48. The van der Waals surface area contributed by atoms with Gasteiger partial charge in [-0.05, 0) is 56.3 Å². The molecule has 0 aromatic heterocycles. The monoisotopic (exact) mass is 265 g/mol. The highest BCUT2D eigenvalue weighted by atomic mass is 16.3.